The van der Waals surface area contributed by atoms with Crippen LogP contribution in [0.1, 0.15) is 18.5 Å². The second kappa shape index (κ2) is 6.75. The molecule has 0 atom stereocenters. The Balaban J connectivity index is 2.00. The van der Waals surface area contributed by atoms with Gasteiger partial charge in [0.25, 0.3) is 0 Å². The maximum absolute atomic E-state index is 11.9. The molecule has 2 aromatic rings. The van der Waals surface area contributed by atoms with E-state index in [2.05, 4.69) is 51.8 Å². The van der Waals surface area contributed by atoms with Crippen LogP contribution in [0.4, 0.5) is 5.82 Å². The molecule has 0 spiro atoms. The zero-order valence-electron chi connectivity index (χ0n) is 12.4. The number of benzene rings is 1. The Bertz CT molecular complexity index is 686. The van der Waals surface area contributed by atoms with Crippen molar-refractivity contribution in [3.05, 3.63) is 45.7 Å². The van der Waals surface area contributed by atoms with E-state index in [9.17, 15) is 4.79 Å². The third-order valence-corrected chi connectivity index (χ3v) is 4.46. The van der Waals surface area contributed by atoms with Crippen molar-refractivity contribution in [1.29, 1.82) is 0 Å². The highest BCUT2D eigenvalue weighted by molar-refractivity contribution is 14.1. The molecule has 0 radical (unpaired) electrons. The van der Waals surface area contributed by atoms with Gasteiger partial charge in [0.1, 0.15) is 5.82 Å². The van der Waals surface area contributed by atoms with E-state index in [1.54, 1.807) is 12.0 Å². The van der Waals surface area contributed by atoms with Crippen molar-refractivity contribution in [1.82, 2.24) is 4.98 Å². The molecule has 2 heterocycles. The molecule has 1 aromatic carbocycles. The molecule has 5 heteroatoms. The summed E-state index contributed by atoms with van der Waals surface area (Å²) in [5.74, 6) is 0.877. The molecule has 0 saturated carbocycles. The van der Waals surface area contributed by atoms with Gasteiger partial charge in [0, 0.05) is 29.2 Å². The standard InChI is InChI=1S/C17H17IN2O2/c1-22-11-15-14(12-4-6-13(18)7-5-12)8-9-16(19-15)20-10-2-3-17(20)21/h4-9H,2-3,10-11H2,1H3. The molecule has 0 unspecified atom stereocenters. The van der Waals surface area contributed by atoms with Crippen molar-refractivity contribution >= 4 is 34.3 Å². The quantitative estimate of drug-likeness (QED) is 0.726. The summed E-state index contributed by atoms with van der Waals surface area (Å²) < 4.78 is 6.49. The van der Waals surface area contributed by atoms with Gasteiger partial charge in [-0.25, -0.2) is 4.98 Å². The number of carbonyl (C=O) groups excluding carboxylic acids is 1. The minimum absolute atomic E-state index is 0.151. The van der Waals surface area contributed by atoms with Crippen molar-refractivity contribution in [3.8, 4) is 11.1 Å². The number of aromatic nitrogens is 1. The molecule has 4 nitrogen and oxygen atoms in total. The largest absolute Gasteiger partial charge is 0.378 e. The molecule has 1 amide bonds. The number of ether oxygens (including phenoxy) is 1. The third kappa shape index (κ3) is 3.15. The molecule has 1 aliphatic rings. The van der Waals surface area contributed by atoms with E-state index >= 15 is 0 Å². The summed E-state index contributed by atoms with van der Waals surface area (Å²) in [7, 11) is 1.66. The molecule has 114 valence electrons. The fraction of sp³-hybridized carbons (Fsp3) is 0.294. The lowest BCUT2D eigenvalue weighted by molar-refractivity contribution is -0.117. The Morgan fingerprint density at radius 1 is 1.23 bits per heavy atom. The normalized spacial score (nSPS) is 14.6. The molecule has 1 fully saturated rings. The number of pyridine rings is 1. The van der Waals surface area contributed by atoms with Gasteiger partial charge in [-0.15, -0.1) is 0 Å². The van der Waals surface area contributed by atoms with Crippen LogP contribution >= 0.6 is 22.6 Å². The minimum atomic E-state index is 0.151. The first-order chi connectivity index (χ1) is 10.7. The second-order valence-corrected chi connectivity index (χ2v) is 6.50. The summed E-state index contributed by atoms with van der Waals surface area (Å²) in [5, 5.41) is 0. The van der Waals surface area contributed by atoms with Gasteiger partial charge < -0.3 is 4.74 Å². The van der Waals surface area contributed by atoms with Gasteiger partial charge >= 0.3 is 0 Å². The van der Waals surface area contributed by atoms with Gasteiger partial charge in [-0.2, -0.15) is 0 Å². The van der Waals surface area contributed by atoms with Crippen LogP contribution in [0.3, 0.4) is 0 Å². The fourth-order valence-corrected chi connectivity index (χ4v) is 3.03. The Kier molecular flexibility index (Phi) is 4.73. The number of anilines is 1. The minimum Gasteiger partial charge on any atom is -0.378 e. The summed E-state index contributed by atoms with van der Waals surface area (Å²) in [6, 6.07) is 12.3. The van der Waals surface area contributed by atoms with Crippen LogP contribution < -0.4 is 4.90 Å². The average molecular weight is 408 g/mol. The first-order valence-electron chi connectivity index (χ1n) is 7.24. The monoisotopic (exact) mass is 408 g/mol. The van der Waals surface area contributed by atoms with Gasteiger partial charge in [0.2, 0.25) is 5.91 Å². The second-order valence-electron chi connectivity index (χ2n) is 5.25. The van der Waals surface area contributed by atoms with Crippen LogP contribution in [0.15, 0.2) is 36.4 Å². The van der Waals surface area contributed by atoms with E-state index in [-0.39, 0.29) is 5.91 Å². The topological polar surface area (TPSA) is 42.4 Å². The molecule has 0 bridgehead atoms. The Morgan fingerprint density at radius 2 is 2.00 bits per heavy atom. The number of hydrogen-bond acceptors (Lipinski definition) is 3. The van der Waals surface area contributed by atoms with E-state index < -0.39 is 0 Å². The van der Waals surface area contributed by atoms with Crippen LogP contribution in [0.25, 0.3) is 11.1 Å². The van der Waals surface area contributed by atoms with E-state index in [0.717, 1.165) is 35.6 Å². The van der Waals surface area contributed by atoms with E-state index in [1.165, 1.54) is 3.57 Å². The average Bonchev–Trinajstić information content (AvgIpc) is 2.95. The lowest BCUT2D eigenvalue weighted by Crippen LogP contribution is -2.25. The van der Waals surface area contributed by atoms with Gasteiger partial charge in [0.15, 0.2) is 0 Å². The Morgan fingerprint density at radius 3 is 2.64 bits per heavy atom. The number of halogens is 1. The lowest BCUT2D eigenvalue weighted by Gasteiger charge is -2.17. The van der Waals surface area contributed by atoms with Crippen molar-refractivity contribution in [2.75, 3.05) is 18.6 Å². The van der Waals surface area contributed by atoms with Crippen LogP contribution in [-0.4, -0.2) is 24.5 Å². The molecule has 1 saturated heterocycles. The Labute approximate surface area is 143 Å². The molecular weight excluding hydrogens is 391 g/mol. The Hall–Kier alpha value is -1.47. The van der Waals surface area contributed by atoms with Gasteiger partial charge in [0.05, 0.1) is 12.3 Å². The number of amides is 1. The van der Waals surface area contributed by atoms with Crippen molar-refractivity contribution in [2.24, 2.45) is 0 Å². The number of methoxy groups -OCH3 is 1. The molecule has 1 aliphatic heterocycles. The summed E-state index contributed by atoms with van der Waals surface area (Å²) in [6.07, 6.45) is 1.51. The molecule has 1 aromatic heterocycles. The number of nitrogens with zero attached hydrogens (tertiary/aromatic N) is 2. The van der Waals surface area contributed by atoms with Crippen molar-refractivity contribution in [2.45, 2.75) is 19.4 Å². The fourth-order valence-electron chi connectivity index (χ4n) is 2.67. The summed E-state index contributed by atoms with van der Waals surface area (Å²) in [6.45, 7) is 1.18. The summed E-state index contributed by atoms with van der Waals surface area (Å²) in [4.78, 5) is 18.3. The maximum Gasteiger partial charge on any atom is 0.228 e. The molecule has 0 aliphatic carbocycles. The van der Waals surface area contributed by atoms with Crippen LogP contribution in [0, 0.1) is 3.57 Å². The predicted molar refractivity (Wildman–Crippen MR) is 94.7 cm³/mol. The molecular formula is C17H17IN2O2. The highest BCUT2D eigenvalue weighted by Crippen LogP contribution is 2.28. The van der Waals surface area contributed by atoms with E-state index in [1.807, 2.05) is 12.1 Å². The van der Waals surface area contributed by atoms with Crippen LogP contribution in [0.5, 0.6) is 0 Å². The van der Waals surface area contributed by atoms with Gasteiger partial charge in [-0.1, -0.05) is 12.1 Å². The van der Waals surface area contributed by atoms with Crippen molar-refractivity contribution in [3.63, 3.8) is 0 Å². The number of hydrogen-bond donors (Lipinski definition) is 0. The lowest BCUT2D eigenvalue weighted by atomic mass is 10.0. The molecule has 0 N–H and O–H groups in total. The molecule has 22 heavy (non-hydrogen) atoms. The SMILES string of the molecule is COCc1nc(N2CCCC2=O)ccc1-c1ccc(I)cc1. The van der Waals surface area contributed by atoms with E-state index in [4.69, 9.17) is 4.74 Å². The van der Waals surface area contributed by atoms with Gasteiger partial charge in [-0.05, 0) is 58.8 Å². The van der Waals surface area contributed by atoms with Gasteiger partial charge in [-0.3, -0.25) is 9.69 Å². The first kappa shape index (κ1) is 15.4. The summed E-state index contributed by atoms with van der Waals surface area (Å²) in [5.41, 5.74) is 3.02. The smallest absolute Gasteiger partial charge is 0.228 e. The number of rotatable bonds is 4. The zero-order valence-corrected chi connectivity index (χ0v) is 14.5. The highest BCUT2D eigenvalue weighted by Gasteiger charge is 2.23. The van der Waals surface area contributed by atoms with Crippen LogP contribution in [0.2, 0.25) is 0 Å². The molecule has 3 rings (SSSR count). The summed E-state index contributed by atoms with van der Waals surface area (Å²) >= 11 is 2.29. The van der Waals surface area contributed by atoms with E-state index in [0.29, 0.717) is 13.0 Å². The third-order valence-electron chi connectivity index (χ3n) is 3.75. The first-order valence-corrected chi connectivity index (χ1v) is 8.32. The van der Waals surface area contributed by atoms with Crippen LogP contribution in [-0.2, 0) is 16.1 Å². The predicted octanol–water partition coefficient (Wildman–Crippen LogP) is 3.63. The zero-order chi connectivity index (χ0) is 15.5. The maximum atomic E-state index is 11.9. The van der Waals surface area contributed by atoms with Crippen molar-refractivity contribution < 1.29 is 9.53 Å². The highest BCUT2D eigenvalue weighted by atomic mass is 127. The number of carbonyl (C=O) groups is 1.